The number of halogens is 3. The molecule has 3 aromatic heterocycles. The van der Waals surface area contributed by atoms with Gasteiger partial charge in [0.15, 0.2) is 11.3 Å². The van der Waals surface area contributed by atoms with Gasteiger partial charge in [0.2, 0.25) is 0 Å². The van der Waals surface area contributed by atoms with Gasteiger partial charge in [-0.2, -0.15) is 23.4 Å². The molecule has 4 aromatic rings. The molecule has 166 valence electrons. The summed E-state index contributed by atoms with van der Waals surface area (Å²) in [4.78, 5) is 21.2. The van der Waals surface area contributed by atoms with Gasteiger partial charge in [0.05, 0.1) is 17.9 Å². The van der Waals surface area contributed by atoms with Crippen molar-refractivity contribution in [2.75, 3.05) is 10.6 Å². The lowest BCUT2D eigenvalue weighted by Crippen LogP contribution is -2.14. The number of anilines is 2. The largest absolute Gasteiger partial charge is 0.433 e. The van der Waals surface area contributed by atoms with Crippen LogP contribution in [0, 0.1) is 6.92 Å². The van der Waals surface area contributed by atoms with E-state index in [0.717, 1.165) is 24.4 Å². The number of alkyl halides is 3. The highest BCUT2D eigenvalue weighted by atomic mass is 19.4. The van der Waals surface area contributed by atoms with Crippen LogP contribution in [-0.2, 0) is 13.2 Å². The minimum absolute atomic E-state index is 0.197. The van der Waals surface area contributed by atoms with Crippen molar-refractivity contribution in [3.8, 4) is 0 Å². The summed E-state index contributed by atoms with van der Waals surface area (Å²) in [5.74, 6) is -0.183. The standard InChI is InChI=1S/C20H19F3N8O/c1-10(25-16-9-24-18-17(27-16)11(2)28-29-18)12-5-4-6-13(7-12)26-19(32)14-8-15(20(21,22)23)31(3)30-14/h4-10H,1-3H3,(H,25,27)(H,26,32)(H,24,28,29)/t10-/m0/s1. The number of H-pyrrole nitrogens is 1. The van der Waals surface area contributed by atoms with Gasteiger partial charge in [-0.25, -0.2) is 9.97 Å². The second kappa shape index (κ2) is 7.94. The number of rotatable bonds is 5. The lowest BCUT2D eigenvalue weighted by Gasteiger charge is -2.16. The molecule has 0 spiro atoms. The number of hydrogen-bond donors (Lipinski definition) is 3. The average Bonchev–Trinajstić information content (AvgIpc) is 3.31. The highest BCUT2D eigenvalue weighted by molar-refractivity contribution is 6.03. The van der Waals surface area contributed by atoms with Crippen LogP contribution in [-0.4, -0.2) is 35.9 Å². The summed E-state index contributed by atoms with van der Waals surface area (Å²) < 4.78 is 39.5. The summed E-state index contributed by atoms with van der Waals surface area (Å²) in [5.41, 5.74) is 1.91. The summed E-state index contributed by atoms with van der Waals surface area (Å²) in [6, 6.07) is 7.47. The molecule has 3 N–H and O–H groups in total. The van der Waals surface area contributed by atoms with Crippen LogP contribution < -0.4 is 10.6 Å². The number of benzene rings is 1. The highest BCUT2D eigenvalue weighted by Gasteiger charge is 2.35. The zero-order valence-corrected chi connectivity index (χ0v) is 17.3. The molecule has 1 amide bonds. The third-order valence-corrected chi connectivity index (χ3v) is 4.85. The molecule has 1 aromatic carbocycles. The van der Waals surface area contributed by atoms with Crippen molar-refractivity contribution < 1.29 is 18.0 Å². The van der Waals surface area contributed by atoms with Gasteiger partial charge in [-0.1, -0.05) is 12.1 Å². The van der Waals surface area contributed by atoms with Crippen LogP contribution in [0.1, 0.15) is 40.4 Å². The number of nitrogens with zero attached hydrogens (tertiary/aromatic N) is 5. The molecule has 0 aliphatic rings. The fraction of sp³-hybridized carbons (Fsp3) is 0.250. The Morgan fingerprint density at radius 2 is 2.03 bits per heavy atom. The maximum Gasteiger partial charge on any atom is 0.433 e. The molecule has 0 saturated heterocycles. The highest BCUT2D eigenvalue weighted by Crippen LogP contribution is 2.29. The van der Waals surface area contributed by atoms with Crippen molar-refractivity contribution in [3.63, 3.8) is 0 Å². The molecule has 1 atom stereocenters. The van der Waals surface area contributed by atoms with Gasteiger partial charge in [0.1, 0.15) is 17.0 Å². The smallest absolute Gasteiger partial charge is 0.362 e. The quantitative estimate of drug-likeness (QED) is 0.431. The number of carbonyl (C=O) groups is 1. The Labute approximate surface area is 180 Å². The first-order valence-electron chi connectivity index (χ1n) is 9.58. The van der Waals surface area contributed by atoms with Gasteiger partial charge in [-0.05, 0) is 31.5 Å². The van der Waals surface area contributed by atoms with E-state index in [1.165, 1.54) is 0 Å². The number of nitrogens with one attached hydrogen (secondary N) is 3. The molecule has 4 rings (SSSR count). The molecular weight excluding hydrogens is 425 g/mol. The molecule has 0 fully saturated rings. The molecule has 12 heteroatoms. The van der Waals surface area contributed by atoms with Crippen molar-refractivity contribution in [2.24, 2.45) is 7.05 Å². The first-order valence-corrected chi connectivity index (χ1v) is 9.58. The van der Waals surface area contributed by atoms with Crippen LogP contribution in [0.15, 0.2) is 36.5 Å². The van der Waals surface area contributed by atoms with Gasteiger partial charge in [-0.15, -0.1) is 0 Å². The maximum absolute atomic E-state index is 12.9. The van der Waals surface area contributed by atoms with Crippen LogP contribution in [0.2, 0.25) is 0 Å². The van der Waals surface area contributed by atoms with Crippen molar-refractivity contribution >= 4 is 28.6 Å². The van der Waals surface area contributed by atoms with Gasteiger partial charge in [-0.3, -0.25) is 14.6 Å². The minimum atomic E-state index is -4.60. The van der Waals surface area contributed by atoms with Crippen LogP contribution in [0.4, 0.5) is 24.7 Å². The molecule has 0 bridgehead atoms. The lowest BCUT2D eigenvalue weighted by atomic mass is 10.1. The maximum atomic E-state index is 12.9. The second-order valence-corrected chi connectivity index (χ2v) is 7.26. The number of aromatic amines is 1. The summed E-state index contributed by atoms with van der Waals surface area (Å²) in [6.45, 7) is 3.76. The zero-order valence-electron chi connectivity index (χ0n) is 17.3. The van der Waals surface area contributed by atoms with Crippen molar-refractivity contribution in [1.29, 1.82) is 0 Å². The van der Waals surface area contributed by atoms with Crippen molar-refractivity contribution in [1.82, 2.24) is 29.9 Å². The Bertz CT molecular complexity index is 1290. The third-order valence-electron chi connectivity index (χ3n) is 4.85. The summed E-state index contributed by atoms with van der Waals surface area (Å²) in [5, 5.41) is 16.4. The van der Waals surface area contributed by atoms with E-state index in [1.807, 2.05) is 19.9 Å². The van der Waals surface area contributed by atoms with E-state index in [1.54, 1.807) is 24.4 Å². The molecule has 0 unspecified atom stereocenters. The monoisotopic (exact) mass is 444 g/mol. The van der Waals surface area contributed by atoms with E-state index in [-0.39, 0.29) is 11.7 Å². The van der Waals surface area contributed by atoms with E-state index >= 15 is 0 Å². The van der Waals surface area contributed by atoms with Crippen LogP contribution in [0.3, 0.4) is 0 Å². The van der Waals surface area contributed by atoms with Gasteiger partial charge in [0.25, 0.3) is 5.91 Å². The first kappa shape index (κ1) is 21.3. The average molecular weight is 444 g/mol. The molecule has 3 heterocycles. The summed E-state index contributed by atoms with van der Waals surface area (Å²) >= 11 is 0. The molecule has 9 nitrogen and oxygen atoms in total. The van der Waals surface area contributed by atoms with Crippen LogP contribution >= 0.6 is 0 Å². The van der Waals surface area contributed by atoms with E-state index < -0.39 is 17.8 Å². The normalized spacial score (nSPS) is 12.7. The Balaban J connectivity index is 1.49. The zero-order chi connectivity index (χ0) is 23.0. The predicted molar refractivity (Wildman–Crippen MR) is 111 cm³/mol. The number of fused-ring (bicyclic) bond motifs is 1. The Hall–Kier alpha value is -3.96. The fourth-order valence-electron chi connectivity index (χ4n) is 3.20. The molecule has 0 saturated carbocycles. The minimum Gasteiger partial charge on any atom is -0.362 e. The lowest BCUT2D eigenvalue weighted by molar-refractivity contribution is -0.143. The molecule has 0 aliphatic carbocycles. The van der Waals surface area contributed by atoms with Gasteiger partial charge < -0.3 is 10.6 Å². The van der Waals surface area contributed by atoms with Crippen molar-refractivity contribution in [3.05, 3.63) is 59.2 Å². The Morgan fingerprint density at radius 3 is 2.75 bits per heavy atom. The van der Waals surface area contributed by atoms with E-state index in [4.69, 9.17) is 0 Å². The Morgan fingerprint density at radius 1 is 1.25 bits per heavy atom. The molecule has 0 aliphatic heterocycles. The molecular formula is C20H19F3N8O. The van der Waals surface area contributed by atoms with Crippen molar-refractivity contribution in [2.45, 2.75) is 26.1 Å². The van der Waals surface area contributed by atoms with E-state index in [2.05, 4.69) is 35.9 Å². The van der Waals surface area contributed by atoms with Crippen LogP contribution in [0.5, 0.6) is 0 Å². The second-order valence-electron chi connectivity index (χ2n) is 7.26. The summed E-state index contributed by atoms with van der Waals surface area (Å²) in [6.07, 6.45) is -3.02. The number of aryl methyl sites for hydroxylation is 2. The van der Waals surface area contributed by atoms with Gasteiger partial charge >= 0.3 is 6.18 Å². The third kappa shape index (κ3) is 4.24. The van der Waals surface area contributed by atoms with Gasteiger partial charge in [0, 0.05) is 18.8 Å². The number of aromatic nitrogens is 6. The summed E-state index contributed by atoms with van der Waals surface area (Å²) in [7, 11) is 1.14. The SMILES string of the molecule is Cc1[nH]nc2ncc(N[C@@H](C)c3cccc(NC(=O)c4cc(C(F)(F)F)n(C)n4)c3)nc12. The topological polar surface area (TPSA) is 113 Å². The number of hydrogen-bond acceptors (Lipinski definition) is 6. The molecule has 32 heavy (non-hydrogen) atoms. The number of carbonyl (C=O) groups excluding carboxylic acids is 1. The predicted octanol–water partition coefficient (Wildman–Crippen LogP) is 3.84. The molecule has 0 radical (unpaired) electrons. The van der Waals surface area contributed by atoms with E-state index in [0.29, 0.717) is 27.4 Å². The van der Waals surface area contributed by atoms with Crippen LogP contribution in [0.25, 0.3) is 11.2 Å². The fourth-order valence-corrected chi connectivity index (χ4v) is 3.20. The number of amides is 1. The first-order chi connectivity index (χ1) is 15.1. The van der Waals surface area contributed by atoms with E-state index in [9.17, 15) is 18.0 Å². The Kier molecular flexibility index (Phi) is 5.28.